The maximum absolute atomic E-state index is 9.73. The molecule has 0 heterocycles. The molecule has 0 aromatic heterocycles. The van der Waals surface area contributed by atoms with Gasteiger partial charge in [0.15, 0.2) is 0 Å². The van der Waals surface area contributed by atoms with Gasteiger partial charge in [0, 0.05) is 31.8 Å². The van der Waals surface area contributed by atoms with Gasteiger partial charge in [-0.25, -0.2) is 9.59 Å². The third-order valence-electron chi connectivity index (χ3n) is 3.09. The number of aliphatic carboxylic acids is 2. The normalized spacial score (nSPS) is 10.7. The van der Waals surface area contributed by atoms with E-state index in [1.54, 1.807) is 7.11 Å². The van der Waals surface area contributed by atoms with Crippen LogP contribution in [0.4, 0.5) is 4.79 Å². The molecule has 1 aromatic carbocycles. The molecule has 0 aliphatic carbocycles. The number of carboxylic acids is 2. The second-order valence-electron chi connectivity index (χ2n) is 6.19. The molecule has 32 heavy (non-hydrogen) atoms. The van der Waals surface area contributed by atoms with Crippen molar-refractivity contribution < 1.29 is 78.9 Å². The number of aliphatic hydroxyl groups excluding tert-OH is 1. The van der Waals surface area contributed by atoms with E-state index in [2.05, 4.69) is 5.32 Å². The number of carbonyl (C=O) groups is 3. The molecule has 0 fully saturated rings. The van der Waals surface area contributed by atoms with Gasteiger partial charge in [0.2, 0.25) is 6.16 Å². The molecule has 5 N–H and O–H groups in total. The van der Waals surface area contributed by atoms with E-state index in [1.807, 2.05) is 38.1 Å². The average molecular weight is 467 g/mol. The molecular formula is C20H30NNaO10. The standard InChI is InChI=1S/C15H25NO3.C4H4O4.CH2O3.Na/c1-12(2)16-10-14(17)11-19-15-6-4-13(5-7-15)8-9-18-3;5-3(6)1-2-4(7)8;2-1(3)4;/h4-7,12,14,16-17H,8-11H2,1-3H3;1-2H,(H,5,6)(H,7,8);(H2,2,3,4);/q;;;+1/p-1/b;2-1+;;. The Morgan fingerprint density at radius 2 is 1.53 bits per heavy atom. The molecule has 0 aliphatic heterocycles. The third kappa shape index (κ3) is 27.8. The molecule has 0 saturated carbocycles. The number of aliphatic hydroxyl groups is 1. The van der Waals surface area contributed by atoms with Crippen molar-refractivity contribution in [3.63, 3.8) is 0 Å². The number of hydrogen-bond acceptors (Lipinski definition) is 8. The van der Waals surface area contributed by atoms with Crippen molar-refractivity contribution in [2.45, 2.75) is 32.4 Å². The Morgan fingerprint density at radius 3 is 1.91 bits per heavy atom. The first-order valence-corrected chi connectivity index (χ1v) is 9.13. The van der Waals surface area contributed by atoms with Gasteiger partial charge in [-0.05, 0) is 24.1 Å². The van der Waals surface area contributed by atoms with Crippen molar-refractivity contribution >= 4 is 18.1 Å². The molecule has 11 nitrogen and oxygen atoms in total. The monoisotopic (exact) mass is 467 g/mol. The fourth-order valence-electron chi connectivity index (χ4n) is 1.74. The van der Waals surface area contributed by atoms with Crippen molar-refractivity contribution in [1.29, 1.82) is 0 Å². The zero-order chi connectivity index (χ0) is 24.2. The molecule has 1 aromatic rings. The first-order valence-electron chi connectivity index (χ1n) is 9.13. The van der Waals surface area contributed by atoms with Gasteiger partial charge in [-0.2, -0.15) is 0 Å². The number of carboxylic acid groups (broad SMARTS) is 4. The second-order valence-corrected chi connectivity index (χ2v) is 6.19. The molecule has 12 heteroatoms. The summed E-state index contributed by atoms with van der Waals surface area (Å²) in [6, 6.07) is 8.26. The van der Waals surface area contributed by atoms with Gasteiger partial charge < -0.3 is 45.1 Å². The summed E-state index contributed by atoms with van der Waals surface area (Å²) in [4.78, 5) is 27.6. The fraction of sp³-hybridized carbons (Fsp3) is 0.450. The van der Waals surface area contributed by atoms with E-state index >= 15 is 0 Å². The van der Waals surface area contributed by atoms with Crippen LogP contribution in [0.1, 0.15) is 19.4 Å². The van der Waals surface area contributed by atoms with Crippen molar-refractivity contribution in [3.05, 3.63) is 42.0 Å². The number of benzene rings is 1. The quantitative estimate of drug-likeness (QED) is 0.167. The van der Waals surface area contributed by atoms with E-state index in [1.165, 1.54) is 5.56 Å². The zero-order valence-corrected chi connectivity index (χ0v) is 20.7. The van der Waals surface area contributed by atoms with Gasteiger partial charge in [0.05, 0.1) is 6.61 Å². The molecule has 0 bridgehead atoms. The molecule has 0 aliphatic rings. The van der Waals surface area contributed by atoms with E-state index in [0.29, 0.717) is 31.3 Å². The van der Waals surface area contributed by atoms with Crippen molar-refractivity contribution in [2.75, 3.05) is 26.9 Å². The van der Waals surface area contributed by atoms with Gasteiger partial charge in [-0.1, -0.05) is 26.0 Å². The van der Waals surface area contributed by atoms with E-state index in [4.69, 9.17) is 34.7 Å². The van der Waals surface area contributed by atoms with E-state index in [9.17, 15) is 14.7 Å². The SMILES string of the molecule is COCCc1ccc(OCC(O)CNC(C)C)cc1.O=C(O)/C=C/C(=O)O.O=C([O-])O.[Na+]. The molecule has 176 valence electrons. The summed E-state index contributed by atoms with van der Waals surface area (Å²) in [6.07, 6.45) is -0.557. The molecular weight excluding hydrogens is 437 g/mol. The van der Waals surface area contributed by atoms with Crippen LogP contribution in [0.5, 0.6) is 5.75 Å². The Labute approximate surface area is 209 Å². The van der Waals surface area contributed by atoms with E-state index in [0.717, 1.165) is 18.8 Å². The maximum atomic E-state index is 9.73. The van der Waals surface area contributed by atoms with Crippen LogP contribution >= 0.6 is 0 Å². The molecule has 1 rings (SSSR count). The Morgan fingerprint density at radius 1 is 1.06 bits per heavy atom. The van der Waals surface area contributed by atoms with Crippen molar-refractivity contribution in [2.24, 2.45) is 0 Å². The molecule has 0 radical (unpaired) electrons. The average Bonchev–Trinajstić information content (AvgIpc) is 2.68. The van der Waals surface area contributed by atoms with Crippen LogP contribution in [-0.2, 0) is 20.7 Å². The van der Waals surface area contributed by atoms with Gasteiger partial charge >= 0.3 is 41.5 Å². The molecule has 1 atom stereocenters. The van der Waals surface area contributed by atoms with Gasteiger partial charge in [0.25, 0.3) is 0 Å². The van der Waals surface area contributed by atoms with E-state index in [-0.39, 0.29) is 29.6 Å². The largest absolute Gasteiger partial charge is 1.00 e. The van der Waals surface area contributed by atoms with Crippen LogP contribution < -0.4 is 44.7 Å². The Kier molecular flexibility index (Phi) is 23.8. The Bertz CT molecular complexity index is 645. The van der Waals surface area contributed by atoms with Gasteiger partial charge in [-0.15, -0.1) is 0 Å². The Balaban J connectivity index is -0.000000540. The summed E-state index contributed by atoms with van der Waals surface area (Å²) in [5, 5.41) is 43.8. The minimum absolute atomic E-state index is 0. The predicted molar refractivity (Wildman–Crippen MR) is 109 cm³/mol. The van der Waals surface area contributed by atoms with Crippen LogP contribution in [-0.4, -0.2) is 77.5 Å². The number of ether oxygens (including phenoxy) is 2. The Hall–Kier alpha value is -2.15. The summed E-state index contributed by atoms with van der Waals surface area (Å²) in [5.74, 6) is -1.73. The van der Waals surface area contributed by atoms with Crippen molar-refractivity contribution in [1.82, 2.24) is 5.32 Å². The molecule has 0 saturated heterocycles. The number of rotatable bonds is 11. The summed E-state index contributed by atoms with van der Waals surface area (Å²) in [7, 11) is 1.70. The number of nitrogens with one attached hydrogen (secondary N) is 1. The number of methoxy groups -OCH3 is 1. The van der Waals surface area contributed by atoms with Crippen molar-refractivity contribution in [3.8, 4) is 5.75 Å². The first-order chi connectivity index (χ1) is 14.5. The summed E-state index contributed by atoms with van der Waals surface area (Å²) < 4.78 is 10.6. The van der Waals surface area contributed by atoms with Crippen LogP contribution in [0, 0.1) is 0 Å². The topological polar surface area (TPSA) is 186 Å². The van der Waals surface area contributed by atoms with Crippen LogP contribution in [0.2, 0.25) is 0 Å². The fourth-order valence-corrected chi connectivity index (χ4v) is 1.74. The first kappa shape index (κ1) is 34.5. The van der Waals surface area contributed by atoms with Gasteiger partial charge in [-0.3, -0.25) is 0 Å². The van der Waals surface area contributed by atoms with Crippen LogP contribution in [0.25, 0.3) is 0 Å². The molecule has 1 unspecified atom stereocenters. The van der Waals surface area contributed by atoms with Crippen LogP contribution in [0.15, 0.2) is 36.4 Å². The predicted octanol–water partition coefficient (Wildman–Crippen LogP) is -2.78. The number of hydrogen-bond donors (Lipinski definition) is 5. The summed E-state index contributed by atoms with van der Waals surface area (Å²) in [5.41, 5.74) is 1.22. The minimum Gasteiger partial charge on any atom is -0.565 e. The van der Waals surface area contributed by atoms with E-state index < -0.39 is 24.2 Å². The maximum Gasteiger partial charge on any atom is 1.00 e. The smallest absolute Gasteiger partial charge is 0.565 e. The third-order valence-corrected chi connectivity index (χ3v) is 3.09. The molecule has 0 spiro atoms. The summed E-state index contributed by atoms with van der Waals surface area (Å²) in [6.45, 7) is 5.67. The van der Waals surface area contributed by atoms with Crippen LogP contribution in [0.3, 0.4) is 0 Å². The minimum atomic E-state index is -2.08. The summed E-state index contributed by atoms with van der Waals surface area (Å²) >= 11 is 0. The van der Waals surface area contributed by atoms with Gasteiger partial charge in [0.1, 0.15) is 18.5 Å². The zero-order valence-electron chi connectivity index (χ0n) is 18.7. The molecule has 0 amide bonds. The second kappa shape index (κ2) is 22.1.